The number of fused-ring (bicyclic) bond motifs is 2. The van der Waals surface area contributed by atoms with Crippen LogP contribution in [0.1, 0.15) is 30.0 Å². The Labute approximate surface area is 289 Å². The van der Waals surface area contributed by atoms with Gasteiger partial charge >= 0.3 is 29.6 Å². The van der Waals surface area contributed by atoms with Crippen molar-refractivity contribution in [2.45, 2.75) is 25.2 Å². The molecule has 2 aliphatic rings. The maximum absolute atomic E-state index is 11.9. The van der Waals surface area contributed by atoms with Crippen molar-refractivity contribution in [3.8, 4) is 0 Å². The standard InChI is InChI=1S/C17H18ClN5O.C13H12N3O2.CH4O.Na/c1-4-23(5-2)17-19-10-13(18)16(21-17)20-12-6-7-14-11(8-12)9-15(24)22(14)3;1-16-10-5-3-2-4-8(10)12(15-16)9-6-7-11(17)14-13(9)18;1-2;/h6-8,10H,1-2,4-5,9H2,3H3,(H,19,20,21);2,4-5,9H,6-7H2,1H3,(H,14,17,18);2H,1H3;/q-2;-1;;+1. The van der Waals surface area contributed by atoms with Gasteiger partial charge in [0, 0.05) is 39.0 Å². The first-order chi connectivity index (χ1) is 21.2. The number of nitrogens with zero attached hydrogens (tertiary/aromatic N) is 6. The Balaban J connectivity index is 0.000000235. The molecule has 1 fully saturated rings. The quantitative estimate of drug-likeness (QED) is 0.155. The van der Waals surface area contributed by atoms with E-state index in [0.717, 1.165) is 40.6 Å². The molecule has 0 bridgehead atoms. The summed E-state index contributed by atoms with van der Waals surface area (Å²) in [5, 5.41) is 18.3. The van der Waals surface area contributed by atoms with E-state index < -0.39 is 0 Å². The van der Waals surface area contributed by atoms with Gasteiger partial charge in [-0.05, 0) is 35.7 Å². The van der Waals surface area contributed by atoms with E-state index in [-0.39, 0.29) is 53.2 Å². The molecule has 6 rings (SSSR count). The van der Waals surface area contributed by atoms with Gasteiger partial charge in [0.1, 0.15) is 5.02 Å². The molecule has 12 nitrogen and oxygen atoms in total. The summed E-state index contributed by atoms with van der Waals surface area (Å²) < 4.78 is 1.74. The zero-order chi connectivity index (χ0) is 32.0. The summed E-state index contributed by atoms with van der Waals surface area (Å²) in [6, 6.07) is 14.3. The summed E-state index contributed by atoms with van der Waals surface area (Å²) in [7, 11) is 4.62. The smallest absolute Gasteiger partial charge is 0.401 e. The molecule has 1 saturated heterocycles. The van der Waals surface area contributed by atoms with Crippen LogP contribution in [0.25, 0.3) is 10.9 Å². The number of hydrogen-bond acceptors (Lipinski definition) is 9. The first-order valence-corrected chi connectivity index (χ1v) is 14.2. The molecule has 0 aliphatic carbocycles. The minimum Gasteiger partial charge on any atom is -0.401 e. The van der Waals surface area contributed by atoms with Gasteiger partial charge in [0.05, 0.1) is 24.2 Å². The molecule has 232 valence electrons. The molecular weight excluding hydrogens is 607 g/mol. The van der Waals surface area contributed by atoms with Gasteiger partial charge in [0.15, 0.2) is 5.82 Å². The van der Waals surface area contributed by atoms with Crippen LogP contribution >= 0.6 is 11.6 Å². The maximum atomic E-state index is 11.9. The Bertz CT molecular complexity index is 1680. The van der Waals surface area contributed by atoms with Gasteiger partial charge in [-0.2, -0.15) is 34.3 Å². The number of carbonyl (C=O) groups is 3. The van der Waals surface area contributed by atoms with E-state index in [2.05, 4.69) is 45.6 Å². The largest absolute Gasteiger partial charge is 1.00 e. The number of halogens is 1. The minimum absolute atomic E-state index is 0. The summed E-state index contributed by atoms with van der Waals surface area (Å²) in [4.78, 5) is 47.0. The fourth-order valence-electron chi connectivity index (χ4n) is 4.98. The van der Waals surface area contributed by atoms with Crippen LogP contribution in [0.3, 0.4) is 0 Å². The second-order valence-corrected chi connectivity index (χ2v) is 10.3. The first kappa shape index (κ1) is 35.9. The number of imide groups is 1. The summed E-state index contributed by atoms with van der Waals surface area (Å²) in [6.07, 6.45) is 2.85. The van der Waals surface area contributed by atoms with Crippen molar-refractivity contribution >= 4 is 63.4 Å². The summed E-state index contributed by atoms with van der Waals surface area (Å²) >= 11 is 6.20. The van der Waals surface area contributed by atoms with Crippen molar-refractivity contribution in [2.24, 2.45) is 7.05 Å². The molecule has 45 heavy (non-hydrogen) atoms. The molecule has 4 aromatic rings. The van der Waals surface area contributed by atoms with Gasteiger partial charge in [-0.15, -0.1) is 13.1 Å². The van der Waals surface area contributed by atoms with Crippen molar-refractivity contribution in [3.05, 3.63) is 78.8 Å². The van der Waals surface area contributed by atoms with Gasteiger partial charge in [0.2, 0.25) is 23.7 Å². The molecule has 14 heteroatoms. The van der Waals surface area contributed by atoms with E-state index in [1.807, 2.05) is 42.3 Å². The fourth-order valence-corrected chi connectivity index (χ4v) is 5.12. The normalized spacial score (nSPS) is 15.2. The van der Waals surface area contributed by atoms with Crippen LogP contribution in [-0.4, -0.2) is 69.8 Å². The predicted octanol–water partition coefficient (Wildman–Crippen LogP) is 0.373. The average molecular weight is 641 g/mol. The topological polar surface area (TPSA) is 146 Å². The Kier molecular flexibility index (Phi) is 12.9. The number of amides is 3. The number of hydrogen-bond donors (Lipinski definition) is 3. The number of nitrogens with one attached hydrogen (secondary N) is 2. The maximum Gasteiger partial charge on any atom is 1.00 e. The van der Waals surface area contributed by atoms with Crippen LogP contribution in [0.15, 0.2) is 42.6 Å². The van der Waals surface area contributed by atoms with Crippen molar-refractivity contribution in [1.82, 2.24) is 25.1 Å². The van der Waals surface area contributed by atoms with Crippen molar-refractivity contribution in [2.75, 3.05) is 42.4 Å². The number of aromatic nitrogens is 4. The molecule has 0 spiro atoms. The van der Waals surface area contributed by atoms with Crippen LogP contribution in [0.4, 0.5) is 23.1 Å². The van der Waals surface area contributed by atoms with E-state index >= 15 is 0 Å². The van der Waals surface area contributed by atoms with E-state index in [0.29, 0.717) is 49.1 Å². The number of anilines is 4. The Morgan fingerprint density at radius 2 is 1.91 bits per heavy atom. The summed E-state index contributed by atoms with van der Waals surface area (Å²) in [5.41, 5.74) is 4.42. The molecule has 2 aliphatic heterocycles. The Hall–Kier alpha value is -3.55. The second kappa shape index (κ2) is 16.1. The molecule has 1 atom stereocenters. The first-order valence-electron chi connectivity index (χ1n) is 13.8. The van der Waals surface area contributed by atoms with Gasteiger partial charge in [-0.25, -0.2) is 4.98 Å². The summed E-state index contributed by atoms with van der Waals surface area (Å²) in [6.45, 7) is 8.70. The number of aryl methyl sites for hydroxylation is 1. The second-order valence-electron chi connectivity index (χ2n) is 9.91. The molecule has 0 saturated carbocycles. The van der Waals surface area contributed by atoms with E-state index in [1.54, 1.807) is 28.9 Å². The molecule has 0 radical (unpaired) electrons. The van der Waals surface area contributed by atoms with E-state index in [1.165, 1.54) is 0 Å². The van der Waals surface area contributed by atoms with Crippen LogP contribution in [0, 0.1) is 19.9 Å². The van der Waals surface area contributed by atoms with Gasteiger partial charge in [0.25, 0.3) is 0 Å². The van der Waals surface area contributed by atoms with Crippen LogP contribution in [-0.2, 0) is 27.9 Å². The fraction of sp³-hybridized carbons (Fsp3) is 0.290. The number of aliphatic hydroxyl groups is 1. The third-order valence-electron chi connectivity index (χ3n) is 7.27. The van der Waals surface area contributed by atoms with Crippen molar-refractivity contribution in [1.29, 1.82) is 0 Å². The Morgan fingerprint density at radius 3 is 2.60 bits per heavy atom. The van der Waals surface area contributed by atoms with Crippen LogP contribution in [0.2, 0.25) is 5.02 Å². The number of rotatable bonds is 6. The number of aliphatic hydroxyl groups excluding tert-OH is 1. The zero-order valence-electron chi connectivity index (χ0n) is 25.8. The molecular formula is C31H34ClN8NaO4-2. The molecule has 4 heterocycles. The predicted molar refractivity (Wildman–Crippen MR) is 170 cm³/mol. The average Bonchev–Trinajstić information content (AvgIpc) is 3.51. The SMILES string of the molecule is CO.Cn1nc(C2CCC(=O)NC2=O)c2cc[c-]cc21.[CH2-]CN(C[CH2-])c1ncc(Cl)c(Nc2ccc3c(c2)CC(=O)N3C)n1.[Na+]. The van der Waals surface area contributed by atoms with E-state index in [9.17, 15) is 14.4 Å². The molecule has 2 aromatic heterocycles. The van der Waals surface area contributed by atoms with Crippen LogP contribution in [0.5, 0.6) is 0 Å². The number of likely N-dealkylation sites (N-methyl/N-ethyl adjacent to an activating group) is 1. The molecule has 3 N–H and O–H groups in total. The van der Waals surface area contributed by atoms with Gasteiger partial charge in [-0.3, -0.25) is 19.7 Å². The number of piperidine rings is 1. The van der Waals surface area contributed by atoms with Crippen LogP contribution < -0.4 is 50.0 Å². The van der Waals surface area contributed by atoms with Gasteiger partial charge in [-0.1, -0.05) is 17.0 Å². The van der Waals surface area contributed by atoms with Gasteiger partial charge < -0.3 is 38.8 Å². The third-order valence-corrected chi connectivity index (χ3v) is 7.54. The van der Waals surface area contributed by atoms with E-state index in [4.69, 9.17) is 16.7 Å². The number of carbonyl (C=O) groups excluding carboxylic acids is 3. The van der Waals surface area contributed by atoms with Crippen molar-refractivity contribution in [3.63, 3.8) is 0 Å². The van der Waals surface area contributed by atoms with Crippen molar-refractivity contribution < 1.29 is 49.0 Å². The third kappa shape index (κ3) is 8.00. The zero-order valence-corrected chi connectivity index (χ0v) is 28.6. The minimum atomic E-state index is -0.339. The molecule has 3 amide bonds. The number of benzene rings is 2. The molecule has 1 unspecified atom stereocenters. The Morgan fingerprint density at radius 1 is 1.18 bits per heavy atom. The molecule has 2 aromatic carbocycles. The monoisotopic (exact) mass is 640 g/mol. The summed E-state index contributed by atoms with van der Waals surface area (Å²) in [5.74, 6) is 0.318.